The summed E-state index contributed by atoms with van der Waals surface area (Å²) in [6.07, 6.45) is -4.76. The van der Waals surface area contributed by atoms with Gasteiger partial charge in [-0.15, -0.1) is 13.2 Å². The van der Waals surface area contributed by atoms with Crippen molar-refractivity contribution in [3.63, 3.8) is 0 Å². The highest BCUT2D eigenvalue weighted by Gasteiger charge is 2.31. The van der Waals surface area contributed by atoms with Crippen LogP contribution in [-0.4, -0.2) is 17.3 Å². The fourth-order valence-electron chi connectivity index (χ4n) is 2.43. The lowest BCUT2D eigenvalue weighted by Crippen LogP contribution is -2.16. The minimum Gasteiger partial charge on any atom is -0.406 e. The van der Waals surface area contributed by atoms with Crippen molar-refractivity contribution >= 4 is 32.6 Å². The van der Waals surface area contributed by atoms with Gasteiger partial charge < -0.3 is 10.5 Å². The van der Waals surface area contributed by atoms with E-state index < -0.39 is 6.36 Å². The van der Waals surface area contributed by atoms with Crippen LogP contribution in [0.4, 0.5) is 18.3 Å². The molecule has 0 aliphatic rings. The molecule has 1 aromatic heterocycles. The van der Waals surface area contributed by atoms with E-state index in [-0.39, 0.29) is 23.3 Å². The molecule has 26 heavy (non-hydrogen) atoms. The molecule has 5 nitrogen and oxygen atoms in total. The number of alkyl halides is 3. The van der Waals surface area contributed by atoms with Gasteiger partial charge >= 0.3 is 6.36 Å². The van der Waals surface area contributed by atoms with Crippen LogP contribution in [0.3, 0.4) is 0 Å². The first kappa shape index (κ1) is 18.2. The summed E-state index contributed by atoms with van der Waals surface area (Å²) in [6.45, 7) is 2.11. The Morgan fingerprint density at radius 1 is 1.27 bits per heavy atom. The predicted molar refractivity (Wildman–Crippen MR) is 93.3 cm³/mol. The number of amides is 1. The molecule has 0 radical (unpaired) electrons. The Balaban J connectivity index is 1.84. The number of benzene rings is 2. The Hall–Kier alpha value is -2.65. The van der Waals surface area contributed by atoms with E-state index in [2.05, 4.69) is 15.0 Å². The fraction of sp³-hybridized carbons (Fsp3) is 0.176. The lowest BCUT2D eigenvalue weighted by molar-refractivity contribution is -0.274. The Morgan fingerprint density at radius 3 is 2.73 bits per heavy atom. The third-order valence-corrected chi connectivity index (χ3v) is 4.47. The van der Waals surface area contributed by atoms with Crippen molar-refractivity contribution in [2.24, 2.45) is 5.73 Å². The van der Waals surface area contributed by atoms with Crippen LogP contribution in [0.25, 0.3) is 10.2 Å². The summed E-state index contributed by atoms with van der Waals surface area (Å²) in [5, 5.41) is 2.94. The van der Waals surface area contributed by atoms with Crippen LogP contribution in [0.5, 0.6) is 5.75 Å². The molecule has 0 saturated carbocycles. The lowest BCUT2D eigenvalue weighted by atomic mass is 10.0. The number of nitrogens with one attached hydrogen (secondary N) is 1. The predicted octanol–water partition coefficient (Wildman–Crippen LogP) is 4.21. The van der Waals surface area contributed by atoms with Gasteiger partial charge in [0.05, 0.1) is 10.2 Å². The number of thiazole rings is 1. The van der Waals surface area contributed by atoms with Crippen LogP contribution in [0, 0.1) is 6.92 Å². The van der Waals surface area contributed by atoms with Gasteiger partial charge in [-0.3, -0.25) is 10.1 Å². The van der Waals surface area contributed by atoms with Crippen molar-refractivity contribution < 1.29 is 22.7 Å². The van der Waals surface area contributed by atoms with Crippen LogP contribution in [0.15, 0.2) is 36.4 Å². The Labute approximate surface area is 150 Å². The number of aromatic nitrogens is 1. The van der Waals surface area contributed by atoms with Crippen molar-refractivity contribution in [3.8, 4) is 5.75 Å². The smallest absolute Gasteiger partial charge is 0.406 e. The van der Waals surface area contributed by atoms with E-state index in [0.29, 0.717) is 21.3 Å². The number of carbonyl (C=O) groups is 1. The maximum Gasteiger partial charge on any atom is 0.573 e. The van der Waals surface area contributed by atoms with Gasteiger partial charge in [0.15, 0.2) is 5.13 Å². The molecule has 3 N–H and O–H groups in total. The number of rotatable bonds is 4. The van der Waals surface area contributed by atoms with Gasteiger partial charge in [0, 0.05) is 18.2 Å². The second kappa shape index (κ2) is 6.93. The van der Waals surface area contributed by atoms with Crippen LogP contribution >= 0.6 is 11.3 Å². The zero-order valence-corrected chi connectivity index (χ0v) is 14.4. The molecule has 0 saturated heterocycles. The first-order valence-corrected chi connectivity index (χ1v) is 8.34. The van der Waals surface area contributed by atoms with Crippen LogP contribution in [0.2, 0.25) is 0 Å². The summed E-state index contributed by atoms with van der Waals surface area (Å²) in [7, 11) is 0. The highest BCUT2D eigenvalue weighted by Crippen LogP contribution is 2.31. The minimum atomic E-state index is -4.76. The van der Waals surface area contributed by atoms with Crippen molar-refractivity contribution in [1.29, 1.82) is 0 Å². The van der Waals surface area contributed by atoms with Gasteiger partial charge in [0.2, 0.25) is 0 Å². The van der Waals surface area contributed by atoms with Crippen LogP contribution in [-0.2, 0) is 6.54 Å². The Morgan fingerprint density at radius 2 is 2.04 bits per heavy atom. The number of ether oxygens (including phenoxy) is 1. The number of halogens is 3. The van der Waals surface area contributed by atoms with Crippen molar-refractivity contribution in [1.82, 2.24) is 4.98 Å². The van der Waals surface area contributed by atoms with Crippen molar-refractivity contribution in [2.45, 2.75) is 19.8 Å². The molecule has 2 aromatic carbocycles. The van der Waals surface area contributed by atoms with E-state index in [1.54, 1.807) is 12.1 Å². The number of hydrogen-bond acceptors (Lipinski definition) is 5. The molecule has 0 fully saturated rings. The fourth-order valence-corrected chi connectivity index (χ4v) is 3.32. The third-order valence-electron chi connectivity index (χ3n) is 3.54. The van der Waals surface area contributed by atoms with Gasteiger partial charge in [-0.05, 0) is 30.7 Å². The number of anilines is 1. The highest BCUT2D eigenvalue weighted by molar-refractivity contribution is 7.22. The standard InChI is InChI=1S/C17H14F3N3O2S/c1-9-2-4-12(10(6-9)8-21)15(24)23-16-22-13-5-3-11(7-14(13)26-16)25-17(18,19)20/h2-7H,8,21H2,1H3,(H,22,23,24). The maximum absolute atomic E-state index is 12.5. The molecule has 9 heteroatoms. The van der Waals surface area contributed by atoms with E-state index in [4.69, 9.17) is 5.73 Å². The number of fused-ring (bicyclic) bond motifs is 1. The molecule has 1 amide bonds. The summed E-state index contributed by atoms with van der Waals surface area (Å²) < 4.78 is 41.3. The summed E-state index contributed by atoms with van der Waals surface area (Å²) in [6, 6.07) is 9.11. The van der Waals surface area contributed by atoms with Gasteiger partial charge in [0.25, 0.3) is 5.91 Å². The van der Waals surface area contributed by atoms with Gasteiger partial charge in [-0.25, -0.2) is 4.98 Å². The maximum atomic E-state index is 12.5. The van der Waals surface area contributed by atoms with E-state index in [1.165, 1.54) is 18.2 Å². The van der Waals surface area contributed by atoms with Crippen LogP contribution < -0.4 is 15.8 Å². The summed E-state index contributed by atoms with van der Waals surface area (Å²) in [5.74, 6) is -0.716. The quantitative estimate of drug-likeness (QED) is 0.710. The normalized spacial score (nSPS) is 11.6. The second-order valence-electron chi connectivity index (χ2n) is 5.52. The zero-order valence-electron chi connectivity index (χ0n) is 13.6. The molecule has 0 spiro atoms. The molecular weight excluding hydrogens is 367 g/mol. The van der Waals surface area contributed by atoms with Gasteiger partial charge in [-0.1, -0.05) is 29.0 Å². The first-order valence-electron chi connectivity index (χ1n) is 7.52. The molecule has 0 aliphatic heterocycles. The Kier molecular flexibility index (Phi) is 4.84. The molecule has 0 aliphatic carbocycles. The summed E-state index contributed by atoms with van der Waals surface area (Å²) in [4.78, 5) is 16.7. The number of hydrogen-bond donors (Lipinski definition) is 2. The number of nitrogens with two attached hydrogens (primary N) is 1. The SMILES string of the molecule is Cc1ccc(C(=O)Nc2nc3ccc(OC(F)(F)F)cc3s2)c(CN)c1. The highest BCUT2D eigenvalue weighted by atomic mass is 32.1. The number of nitrogens with zero attached hydrogens (tertiary/aromatic N) is 1. The van der Waals surface area contributed by atoms with E-state index in [1.807, 2.05) is 13.0 Å². The molecule has 1 heterocycles. The second-order valence-corrected chi connectivity index (χ2v) is 6.55. The number of aryl methyl sites for hydroxylation is 1. The average Bonchev–Trinajstić information content (AvgIpc) is 2.94. The van der Waals surface area contributed by atoms with E-state index >= 15 is 0 Å². The van der Waals surface area contributed by atoms with Crippen LogP contribution in [0.1, 0.15) is 21.5 Å². The molecule has 136 valence electrons. The minimum absolute atomic E-state index is 0.211. The molecular formula is C17H14F3N3O2S. The molecule has 0 bridgehead atoms. The van der Waals surface area contributed by atoms with Crippen molar-refractivity contribution in [3.05, 3.63) is 53.1 Å². The monoisotopic (exact) mass is 381 g/mol. The zero-order chi connectivity index (χ0) is 18.9. The largest absolute Gasteiger partial charge is 0.573 e. The average molecular weight is 381 g/mol. The van der Waals surface area contributed by atoms with Gasteiger partial charge in [0.1, 0.15) is 5.75 Å². The lowest BCUT2D eigenvalue weighted by Gasteiger charge is -2.08. The first-order chi connectivity index (χ1) is 12.2. The van der Waals surface area contributed by atoms with Crippen molar-refractivity contribution in [2.75, 3.05) is 5.32 Å². The number of carbonyl (C=O) groups excluding carboxylic acids is 1. The third kappa shape index (κ3) is 4.12. The summed E-state index contributed by atoms with van der Waals surface area (Å²) in [5.41, 5.74) is 8.25. The Bertz CT molecular complexity index is 970. The molecule has 0 unspecified atom stereocenters. The molecule has 3 rings (SSSR count). The van der Waals surface area contributed by atoms with E-state index in [9.17, 15) is 18.0 Å². The molecule has 0 atom stereocenters. The topological polar surface area (TPSA) is 77.2 Å². The molecule has 3 aromatic rings. The van der Waals surface area contributed by atoms with Gasteiger partial charge in [-0.2, -0.15) is 0 Å². The van der Waals surface area contributed by atoms with E-state index in [0.717, 1.165) is 16.9 Å². The summed E-state index contributed by atoms with van der Waals surface area (Å²) >= 11 is 1.06.